The monoisotopic (exact) mass is 219 g/mol. The third-order valence-corrected chi connectivity index (χ3v) is 3.56. The summed E-state index contributed by atoms with van der Waals surface area (Å²) in [6, 6.07) is 6.21. The van der Waals surface area contributed by atoms with Crippen LogP contribution in [0.25, 0.3) is 0 Å². The molecule has 0 saturated heterocycles. The van der Waals surface area contributed by atoms with E-state index in [1.165, 1.54) is 12.8 Å². The van der Waals surface area contributed by atoms with E-state index in [2.05, 4.69) is 28.9 Å². The summed E-state index contributed by atoms with van der Waals surface area (Å²) in [5.74, 6) is 0. The molecule has 16 heavy (non-hydrogen) atoms. The zero-order chi connectivity index (χ0) is 11.6. The molecule has 1 saturated carbocycles. The van der Waals surface area contributed by atoms with Gasteiger partial charge in [0.15, 0.2) is 0 Å². The Morgan fingerprint density at radius 3 is 2.69 bits per heavy atom. The quantitative estimate of drug-likeness (QED) is 0.819. The Bertz CT molecular complexity index is 358. The first-order valence-corrected chi connectivity index (χ1v) is 6.08. The maximum Gasteiger partial charge on any atom is 0.0547 e. The maximum absolute atomic E-state index is 5.87. The number of hydrogen-bond acceptors (Lipinski definition) is 3. The molecule has 3 heteroatoms. The number of pyridine rings is 1. The predicted octanol–water partition coefficient (Wildman–Crippen LogP) is 1.70. The van der Waals surface area contributed by atoms with Gasteiger partial charge in [-0.15, -0.1) is 0 Å². The average molecular weight is 219 g/mol. The Kier molecular flexibility index (Phi) is 3.26. The highest BCUT2D eigenvalue weighted by atomic mass is 15.2. The highest BCUT2D eigenvalue weighted by molar-refractivity contribution is 5.12. The van der Waals surface area contributed by atoms with E-state index in [1.54, 1.807) is 0 Å². The number of nitrogens with two attached hydrogens (primary N) is 1. The summed E-state index contributed by atoms with van der Waals surface area (Å²) in [5, 5.41) is 0. The summed E-state index contributed by atoms with van der Waals surface area (Å²) in [5.41, 5.74) is 8.39. The molecule has 3 nitrogen and oxygen atoms in total. The fourth-order valence-electron chi connectivity index (χ4n) is 2.29. The summed E-state index contributed by atoms with van der Waals surface area (Å²) in [4.78, 5) is 7.02. The van der Waals surface area contributed by atoms with E-state index in [1.807, 2.05) is 13.0 Å². The van der Waals surface area contributed by atoms with E-state index in [0.29, 0.717) is 0 Å². The van der Waals surface area contributed by atoms with Crippen LogP contribution in [0.15, 0.2) is 18.2 Å². The van der Waals surface area contributed by atoms with Gasteiger partial charge in [0, 0.05) is 24.3 Å². The minimum absolute atomic E-state index is 0.278. The van der Waals surface area contributed by atoms with Gasteiger partial charge in [-0.2, -0.15) is 0 Å². The predicted molar refractivity (Wildman–Crippen MR) is 66.1 cm³/mol. The van der Waals surface area contributed by atoms with Gasteiger partial charge in [0.25, 0.3) is 0 Å². The van der Waals surface area contributed by atoms with E-state index < -0.39 is 0 Å². The molecular formula is C13H21N3. The molecule has 0 atom stereocenters. The van der Waals surface area contributed by atoms with Crippen LogP contribution in [0.1, 0.15) is 31.2 Å². The van der Waals surface area contributed by atoms with E-state index >= 15 is 0 Å². The van der Waals surface area contributed by atoms with Gasteiger partial charge >= 0.3 is 0 Å². The topological polar surface area (TPSA) is 42.2 Å². The molecule has 0 aliphatic heterocycles. The van der Waals surface area contributed by atoms with E-state index in [9.17, 15) is 0 Å². The number of nitrogens with zero attached hydrogens (tertiary/aromatic N) is 2. The molecular weight excluding hydrogens is 198 g/mol. The minimum atomic E-state index is 0.278. The Hall–Kier alpha value is -0.930. The van der Waals surface area contributed by atoms with Gasteiger partial charge in [0.2, 0.25) is 0 Å². The van der Waals surface area contributed by atoms with E-state index in [4.69, 9.17) is 5.73 Å². The molecule has 88 valence electrons. The molecule has 2 N–H and O–H groups in total. The smallest absolute Gasteiger partial charge is 0.0547 e. The first-order valence-electron chi connectivity index (χ1n) is 6.08. The number of aromatic nitrogens is 1. The molecule has 1 aromatic rings. The molecule has 1 aromatic heterocycles. The van der Waals surface area contributed by atoms with Crippen LogP contribution in [-0.2, 0) is 6.54 Å². The highest BCUT2D eigenvalue weighted by Crippen LogP contribution is 2.41. The largest absolute Gasteiger partial charge is 0.329 e. The summed E-state index contributed by atoms with van der Waals surface area (Å²) in [7, 11) is 0. The second-order valence-electron chi connectivity index (χ2n) is 4.71. The van der Waals surface area contributed by atoms with Crippen molar-refractivity contribution in [2.45, 2.75) is 38.8 Å². The summed E-state index contributed by atoms with van der Waals surface area (Å²) in [6.45, 7) is 6.98. The Labute approximate surface area is 97.7 Å². The highest BCUT2D eigenvalue weighted by Gasteiger charge is 2.45. The third kappa shape index (κ3) is 2.25. The van der Waals surface area contributed by atoms with Crippen LogP contribution >= 0.6 is 0 Å². The van der Waals surface area contributed by atoms with Crippen molar-refractivity contribution in [1.29, 1.82) is 0 Å². The van der Waals surface area contributed by atoms with E-state index in [-0.39, 0.29) is 5.54 Å². The van der Waals surface area contributed by atoms with Crippen molar-refractivity contribution in [2.75, 3.05) is 13.1 Å². The molecule has 1 heterocycles. The Morgan fingerprint density at radius 2 is 2.19 bits per heavy atom. The molecule has 0 unspecified atom stereocenters. The van der Waals surface area contributed by atoms with Crippen LogP contribution in [-0.4, -0.2) is 28.5 Å². The average Bonchev–Trinajstić information content (AvgIpc) is 3.07. The number of rotatable bonds is 5. The molecule has 0 radical (unpaired) electrons. The van der Waals surface area contributed by atoms with Gasteiger partial charge in [-0.3, -0.25) is 9.88 Å². The van der Waals surface area contributed by atoms with Crippen molar-refractivity contribution >= 4 is 0 Å². The van der Waals surface area contributed by atoms with Crippen molar-refractivity contribution in [3.63, 3.8) is 0 Å². The zero-order valence-corrected chi connectivity index (χ0v) is 10.2. The fourth-order valence-corrected chi connectivity index (χ4v) is 2.29. The van der Waals surface area contributed by atoms with Crippen LogP contribution in [0.4, 0.5) is 0 Å². The lowest BCUT2D eigenvalue weighted by atomic mass is 10.2. The van der Waals surface area contributed by atoms with Gasteiger partial charge in [0.05, 0.1) is 5.69 Å². The lowest BCUT2D eigenvalue weighted by Crippen LogP contribution is -2.42. The van der Waals surface area contributed by atoms with Crippen molar-refractivity contribution in [3.8, 4) is 0 Å². The lowest BCUT2D eigenvalue weighted by molar-refractivity contribution is 0.180. The van der Waals surface area contributed by atoms with Gasteiger partial charge in [-0.25, -0.2) is 0 Å². The normalized spacial score (nSPS) is 17.8. The molecule has 1 aliphatic rings. The van der Waals surface area contributed by atoms with Gasteiger partial charge < -0.3 is 5.73 Å². The molecule has 2 rings (SSSR count). The summed E-state index contributed by atoms with van der Waals surface area (Å²) in [6.07, 6.45) is 2.48. The molecule has 1 aliphatic carbocycles. The SMILES string of the molecule is CCN(Cc1cccc(C)n1)C1(CN)CC1. The van der Waals surface area contributed by atoms with E-state index in [0.717, 1.165) is 31.0 Å². The Balaban J connectivity index is 2.07. The van der Waals surface area contributed by atoms with Crippen LogP contribution in [0, 0.1) is 6.92 Å². The molecule has 0 aromatic carbocycles. The first kappa shape index (κ1) is 11.6. The Morgan fingerprint density at radius 1 is 1.44 bits per heavy atom. The number of likely N-dealkylation sites (N-methyl/N-ethyl adjacent to an activating group) is 1. The van der Waals surface area contributed by atoms with Gasteiger partial charge in [-0.1, -0.05) is 13.0 Å². The number of aryl methyl sites for hydroxylation is 1. The van der Waals surface area contributed by atoms with Crippen molar-refractivity contribution in [1.82, 2.24) is 9.88 Å². The standard InChI is InChI=1S/C13H21N3/c1-3-16(13(10-14)7-8-13)9-12-6-4-5-11(2)15-12/h4-6H,3,7-10,14H2,1-2H3. The molecule has 1 fully saturated rings. The second kappa shape index (κ2) is 4.52. The first-order chi connectivity index (χ1) is 7.70. The molecule has 0 amide bonds. The summed E-state index contributed by atoms with van der Waals surface area (Å²) >= 11 is 0. The van der Waals surface area contributed by atoms with Crippen molar-refractivity contribution in [3.05, 3.63) is 29.6 Å². The van der Waals surface area contributed by atoms with Crippen molar-refractivity contribution < 1.29 is 0 Å². The van der Waals surface area contributed by atoms with Crippen LogP contribution in [0.5, 0.6) is 0 Å². The number of hydrogen-bond donors (Lipinski definition) is 1. The fraction of sp³-hybridized carbons (Fsp3) is 0.615. The zero-order valence-electron chi connectivity index (χ0n) is 10.2. The minimum Gasteiger partial charge on any atom is -0.329 e. The maximum atomic E-state index is 5.87. The second-order valence-corrected chi connectivity index (χ2v) is 4.71. The van der Waals surface area contributed by atoms with Crippen LogP contribution < -0.4 is 5.73 Å². The van der Waals surface area contributed by atoms with Gasteiger partial charge in [-0.05, 0) is 38.4 Å². The third-order valence-electron chi connectivity index (χ3n) is 3.56. The van der Waals surface area contributed by atoms with Crippen molar-refractivity contribution in [2.24, 2.45) is 5.73 Å². The van der Waals surface area contributed by atoms with Crippen LogP contribution in [0.3, 0.4) is 0 Å². The molecule has 0 bridgehead atoms. The summed E-state index contributed by atoms with van der Waals surface area (Å²) < 4.78 is 0. The molecule has 0 spiro atoms. The lowest BCUT2D eigenvalue weighted by Gasteiger charge is -2.29. The van der Waals surface area contributed by atoms with Crippen LogP contribution in [0.2, 0.25) is 0 Å². The van der Waals surface area contributed by atoms with Gasteiger partial charge in [0.1, 0.15) is 0 Å².